The zero-order valence-corrected chi connectivity index (χ0v) is 27.4. The number of sulfonamides is 1. The van der Waals surface area contributed by atoms with Gasteiger partial charge in [-0.25, -0.2) is 8.42 Å². The third-order valence-electron chi connectivity index (χ3n) is 9.81. The average Bonchev–Trinajstić information content (AvgIpc) is 3.65. The molecule has 0 bridgehead atoms. The first-order valence-corrected chi connectivity index (χ1v) is 16.6. The maximum atomic E-state index is 13.9. The Morgan fingerprint density at radius 3 is 2.10 bits per heavy atom. The molecule has 1 saturated carbocycles. The van der Waals surface area contributed by atoms with Crippen LogP contribution in [0.1, 0.15) is 80.6 Å². The van der Waals surface area contributed by atoms with Crippen molar-refractivity contribution in [1.29, 1.82) is 0 Å². The normalized spacial score (nSPS) is 22.1. The quantitative estimate of drug-likeness (QED) is 0.435. The van der Waals surface area contributed by atoms with E-state index >= 15 is 0 Å². The van der Waals surface area contributed by atoms with Crippen molar-refractivity contribution in [1.82, 2.24) is 19.0 Å². The third-order valence-corrected chi connectivity index (χ3v) is 12.0. The minimum Gasteiger partial charge on any atom is -0.497 e. The largest absolute Gasteiger partial charge is 0.497 e. The first-order valence-electron chi connectivity index (χ1n) is 15.2. The van der Waals surface area contributed by atoms with Crippen molar-refractivity contribution in [3.05, 3.63) is 46.9 Å². The number of methoxy groups -OCH3 is 1. The fourth-order valence-corrected chi connectivity index (χ4v) is 9.17. The molecular formula is C32H48N4O5S. The second kappa shape index (κ2) is 11.3. The van der Waals surface area contributed by atoms with Gasteiger partial charge in [0.25, 0.3) is 5.91 Å². The zero-order chi connectivity index (χ0) is 30.6. The molecule has 3 aliphatic rings. The molecule has 0 N–H and O–H groups in total. The Balaban J connectivity index is 1.24. The van der Waals surface area contributed by atoms with Crippen LogP contribution in [-0.4, -0.2) is 96.8 Å². The van der Waals surface area contributed by atoms with Crippen LogP contribution in [0, 0.1) is 13.8 Å². The maximum Gasteiger partial charge on any atom is 0.257 e. The molecule has 0 atom stereocenters. The number of likely N-dealkylation sites (tertiary alicyclic amines) is 1. The molecular weight excluding hydrogens is 552 g/mol. The minimum atomic E-state index is -3.78. The molecule has 0 spiro atoms. The van der Waals surface area contributed by atoms with Gasteiger partial charge in [0.1, 0.15) is 17.8 Å². The summed E-state index contributed by atoms with van der Waals surface area (Å²) in [7, 11) is 0.0265. The molecule has 2 saturated heterocycles. The van der Waals surface area contributed by atoms with E-state index in [1.165, 1.54) is 10.6 Å². The van der Waals surface area contributed by atoms with E-state index in [1.807, 2.05) is 4.90 Å². The zero-order valence-electron chi connectivity index (χ0n) is 26.6. The van der Waals surface area contributed by atoms with Crippen molar-refractivity contribution in [2.75, 3.05) is 40.3 Å². The molecule has 0 radical (unpaired) electrons. The molecule has 42 heavy (non-hydrogen) atoms. The molecule has 3 fully saturated rings. The van der Waals surface area contributed by atoms with Gasteiger partial charge in [-0.2, -0.15) is 4.31 Å². The number of carbonyl (C=O) groups excluding carboxylic acids is 1. The van der Waals surface area contributed by atoms with E-state index < -0.39 is 10.0 Å². The van der Waals surface area contributed by atoms with E-state index in [-0.39, 0.29) is 29.6 Å². The molecule has 3 heterocycles. The number of hydrogen-bond donors (Lipinski definition) is 0. The van der Waals surface area contributed by atoms with Gasteiger partial charge in [0.05, 0.1) is 24.1 Å². The summed E-state index contributed by atoms with van der Waals surface area (Å²) in [5, 5.41) is 0. The van der Waals surface area contributed by atoms with Crippen molar-refractivity contribution in [2.45, 2.75) is 102 Å². The minimum absolute atomic E-state index is 0.0589. The molecule has 2 aromatic rings. The van der Waals surface area contributed by atoms with Gasteiger partial charge in [-0.1, -0.05) is 0 Å². The summed E-state index contributed by atoms with van der Waals surface area (Å²) >= 11 is 0. The number of rotatable bonds is 8. The molecule has 1 aliphatic carbocycles. The summed E-state index contributed by atoms with van der Waals surface area (Å²) in [4.78, 5) is 20.7. The van der Waals surface area contributed by atoms with Crippen LogP contribution in [0.4, 0.5) is 0 Å². The molecule has 2 aliphatic heterocycles. The summed E-state index contributed by atoms with van der Waals surface area (Å²) in [6.07, 6.45) is 5.34. The Hall–Kier alpha value is -2.40. The Kier molecular flexibility index (Phi) is 8.33. The van der Waals surface area contributed by atoms with Gasteiger partial charge in [0.15, 0.2) is 0 Å². The molecule has 5 rings (SSSR count). The number of ether oxygens (including phenoxy) is 1. The molecule has 232 valence electrons. The lowest BCUT2D eigenvalue weighted by atomic mass is 9.77. The number of benzene rings is 1. The van der Waals surface area contributed by atoms with Crippen molar-refractivity contribution in [2.24, 2.45) is 0 Å². The lowest BCUT2D eigenvalue weighted by Gasteiger charge is -2.56. The van der Waals surface area contributed by atoms with E-state index in [2.05, 4.69) is 44.5 Å². The van der Waals surface area contributed by atoms with E-state index in [9.17, 15) is 13.2 Å². The number of aryl methyl sites for hydroxylation is 2. The van der Waals surface area contributed by atoms with Crippen LogP contribution in [0.25, 0.3) is 0 Å². The highest BCUT2D eigenvalue weighted by molar-refractivity contribution is 7.89. The average molecular weight is 601 g/mol. The number of amides is 1. The van der Waals surface area contributed by atoms with Gasteiger partial charge in [-0.15, -0.1) is 0 Å². The SMILES string of the molecule is COc1cc(C)c(S(=O)(=O)N(Cc2cc(C(=O)N3CCN(C4CC(C)(C)N(C)C(C)(C)C4)CC3)co2)C2CC2)c(C)c1. The number of piperazine rings is 1. The molecule has 1 amide bonds. The van der Waals surface area contributed by atoms with E-state index in [0.717, 1.165) is 38.8 Å². The van der Waals surface area contributed by atoms with Crippen LogP contribution in [0.5, 0.6) is 5.75 Å². The van der Waals surface area contributed by atoms with Crippen molar-refractivity contribution >= 4 is 15.9 Å². The van der Waals surface area contributed by atoms with E-state index in [0.29, 0.717) is 52.2 Å². The molecule has 1 aromatic heterocycles. The summed E-state index contributed by atoms with van der Waals surface area (Å²) in [5.41, 5.74) is 2.03. The summed E-state index contributed by atoms with van der Waals surface area (Å²) < 4.78 is 40.4. The lowest BCUT2D eigenvalue weighted by Crippen LogP contribution is -2.64. The topological polar surface area (TPSA) is 86.5 Å². The predicted octanol–water partition coefficient (Wildman–Crippen LogP) is 4.67. The van der Waals surface area contributed by atoms with Crippen LogP contribution < -0.4 is 4.74 Å². The van der Waals surface area contributed by atoms with Crippen molar-refractivity contribution in [3.8, 4) is 5.75 Å². The third kappa shape index (κ3) is 6.00. The lowest BCUT2D eigenvalue weighted by molar-refractivity contribution is -0.0544. The summed E-state index contributed by atoms with van der Waals surface area (Å²) in [6, 6.07) is 5.65. The smallest absolute Gasteiger partial charge is 0.257 e. The second-order valence-corrected chi connectivity index (χ2v) is 15.6. The standard InChI is InChI=1S/C32H48N4O5S/c1-22-15-27(40-8)16-23(2)29(22)42(38,39)36(25-9-10-25)20-28-17-24(21-41-28)30(37)35-13-11-34(12-14-35)26-18-31(3,4)33(7)32(5,6)19-26/h15-17,21,25-26H,9-14,18-20H2,1-8H3. The first kappa shape index (κ1) is 31.0. The molecule has 0 unspecified atom stereocenters. The first-order chi connectivity index (χ1) is 19.6. The maximum absolute atomic E-state index is 13.9. The number of hydrogen-bond acceptors (Lipinski definition) is 7. The van der Waals surface area contributed by atoms with Crippen LogP contribution in [0.3, 0.4) is 0 Å². The van der Waals surface area contributed by atoms with Gasteiger partial charge in [0, 0.05) is 49.3 Å². The van der Waals surface area contributed by atoms with Gasteiger partial charge in [-0.05, 0) is 104 Å². The van der Waals surface area contributed by atoms with Crippen LogP contribution in [0.2, 0.25) is 0 Å². The molecule has 10 heteroatoms. The Bertz CT molecular complexity index is 1380. The Morgan fingerprint density at radius 2 is 1.57 bits per heavy atom. The summed E-state index contributed by atoms with van der Waals surface area (Å²) in [5.74, 6) is 1.05. The van der Waals surface area contributed by atoms with Crippen molar-refractivity contribution < 1.29 is 22.4 Å². The van der Waals surface area contributed by atoms with Crippen molar-refractivity contribution in [3.63, 3.8) is 0 Å². The van der Waals surface area contributed by atoms with Crippen LogP contribution >= 0.6 is 0 Å². The summed E-state index contributed by atoms with van der Waals surface area (Å²) in [6.45, 7) is 16.0. The Labute approximate surface area is 251 Å². The fraction of sp³-hybridized carbons (Fsp3) is 0.656. The number of nitrogens with zero attached hydrogens (tertiary/aromatic N) is 4. The van der Waals surface area contributed by atoms with Gasteiger partial charge in [-0.3, -0.25) is 14.6 Å². The van der Waals surface area contributed by atoms with Gasteiger partial charge < -0.3 is 14.1 Å². The number of furan rings is 1. The molecule has 9 nitrogen and oxygen atoms in total. The monoisotopic (exact) mass is 600 g/mol. The number of carbonyl (C=O) groups is 1. The van der Waals surface area contributed by atoms with Crippen LogP contribution in [0.15, 0.2) is 33.8 Å². The van der Waals surface area contributed by atoms with E-state index in [1.54, 1.807) is 39.2 Å². The molecule has 1 aromatic carbocycles. The fourth-order valence-electron chi connectivity index (χ4n) is 7.10. The Morgan fingerprint density at radius 1 is 1.00 bits per heavy atom. The second-order valence-electron chi connectivity index (χ2n) is 13.7. The van der Waals surface area contributed by atoms with E-state index in [4.69, 9.17) is 9.15 Å². The highest BCUT2D eigenvalue weighted by Crippen LogP contribution is 2.39. The van der Waals surface area contributed by atoms with Gasteiger partial charge >= 0.3 is 0 Å². The van der Waals surface area contributed by atoms with Gasteiger partial charge in [0.2, 0.25) is 10.0 Å². The number of piperidine rings is 1. The highest BCUT2D eigenvalue weighted by Gasteiger charge is 2.45. The highest BCUT2D eigenvalue weighted by atomic mass is 32.2. The van der Waals surface area contributed by atoms with Crippen LogP contribution in [-0.2, 0) is 16.6 Å². The predicted molar refractivity (Wildman–Crippen MR) is 163 cm³/mol.